The van der Waals surface area contributed by atoms with Crippen LogP contribution in [0.5, 0.6) is 0 Å². The molecule has 0 aliphatic heterocycles. The molecule has 0 amide bonds. The molecule has 0 radical (unpaired) electrons. The predicted octanol–water partition coefficient (Wildman–Crippen LogP) is 6.34. The topological polar surface area (TPSA) is 26.0 Å². The summed E-state index contributed by atoms with van der Waals surface area (Å²) in [6.45, 7) is 6.35. The maximum atomic E-state index is 13.5. The molecule has 1 aromatic carbocycles. The summed E-state index contributed by atoms with van der Waals surface area (Å²) in [5.74, 6) is 3.10. The summed E-state index contributed by atoms with van der Waals surface area (Å²) in [5.41, 5.74) is 8.66. The molecule has 0 saturated heterocycles. The zero-order valence-corrected chi connectivity index (χ0v) is 16.4. The van der Waals surface area contributed by atoms with E-state index in [1.165, 1.54) is 56.9 Å². The van der Waals surface area contributed by atoms with E-state index in [4.69, 9.17) is 5.73 Å². The lowest BCUT2D eigenvalue weighted by molar-refractivity contribution is 0.125. The van der Waals surface area contributed by atoms with E-state index >= 15 is 0 Å². The van der Waals surface area contributed by atoms with Crippen LogP contribution in [0.1, 0.15) is 88.7 Å². The van der Waals surface area contributed by atoms with Crippen molar-refractivity contribution in [2.45, 2.75) is 90.0 Å². The molecule has 2 fully saturated rings. The van der Waals surface area contributed by atoms with Crippen molar-refractivity contribution in [1.82, 2.24) is 0 Å². The van der Waals surface area contributed by atoms with Gasteiger partial charge in [-0.1, -0.05) is 19.1 Å². The summed E-state index contributed by atoms with van der Waals surface area (Å²) in [6, 6.07) is 5.72. The molecular weight excluding hydrogens is 309 g/mol. The molecule has 0 bridgehead atoms. The van der Waals surface area contributed by atoms with Gasteiger partial charge in [-0.3, -0.25) is 0 Å². The van der Waals surface area contributed by atoms with Crippen molar-refractivity contribution in [2.24, 2.45) is 23.5 Å². The van der Waals surface area contributed by atoms with Crippen LogP contribution in [0.25, 0.3) is 0 Å². The van der Waals surface area contributed by atoms with Gasteiger partial charge in [0.25, 0.3) is 0 Å². The molecule has 25 heavy (non-hydrogen) atoms. The SMILES string of the molecule is CC[C@](C)(N)C1CCC(C2CCC(c3ccc(F)c(C)c3)CC2)CC1. The zero-order valence-electron chi connectivity index (χ0n) is 16.4. The van der Waals surface area contributed by atoms with Gasteiger partial charge in [-0.2, -0.15) is 0 Å². The Morgan fingerprint density at radius 3 is 2.08 bits per heavy atom. The zero-order chi connectivity index (χ0) is 18.0. The molecule has 2 N–H and O–H groups in total. The Morgan fingerprint density at radius 2 is 1.56 bits per heavy atom. The minimum Gasteiger partial charge on any atom is -0.325 e. The van der Waals surface area contributed by atoms with Crippen molar-refractivity contribution in [3.63, 3.8) is 0 Å². The molecule has 140 valence electrons. The molecule has 1 atom stereocenters. The van der Waals surface area contributed by atoms with Gasteiger partial charge in [-0.15, -0.1) is 0 Å². The van der Waals surface area contributed by atoms with Crippen LogP contribution in [0.2, 0.25) is 0 Å². The van der Waals surface area contributed by atoms with Crippen molar-refractivity contribution in [3.05, 3.63) is 35.1 Å². The quantitative estimate of drug-likeness (QED) is 0.677. The molecule has 2 saturated carbocycles. The van der Waals surface area contributed by atoms with Gasteiger partial charge in [0.1, 0.15) is 5.82 Å². The second kappa shape index (κ2) is 7.78. The number of benzene rings is 1. The van der Waals surface area contributed by atoms with Gasteiger partial charge >= 0.3 is 0 Å². The first-order valence-electron chi connectivity index (χ1n) is 10.5. The van der Waals surface area contributed by atoms with Crippen molar-refractivity contribution >= 4 is 0 Å². The highest BCUT2D eigenvalue weighted by Crippen LogP contribution is 2.45. The van der Waals surface area contributed by atoms with Crippen LogP contribution in [-0.4, -0.2) is 5.54 Å². The molecule has 0 heterocycles. The monoisotopic (exact) mass is 345 g/mol. The second-order valence-electron chi connectivity index (χ2n) is 9.09. The Labute approximate surface area is 153 Å². The number of rotatable bonds is 4. The maximum absolute atomic E-state index is 13.5. The standard InChI is InChI=1S/C23H36FN/c1-4-23(3,25)21-12-9-18(10-13-21)17-5-7-19(8-6-17)20-11-14-22(24)16(2)15-20/h11,14-15,17-19,21H,4-10,12-13,25H2,1-3H3/t17?,18?,19?,21?,23-/m0/s1. The van der Waals surface area contributed by atoms with Crippen molar-refractivity contribution < 1.29 is 4.39 Å². The fraction of sp³-hybridized carbons (Fsp3) is 0.739. The van der Waals surface area contributed by atoms with Gasteiger partial charge in [0.2, 0.25) is 0 Å². The largest absolute Gasteiger partial charge is 0.325 e. The molecule has 0 spiro atoms. The van der Waals surface area contributed by atoms with Crippen molar-refractivity contribution in [1.29, 1.82) is 0 Å². The van der Waals surface area contributed by atoms with Crippen molar-refractivity contribution in [3.8, 4) is 0 Å². The molecule has 0 unspecified atom stereocenters. The first-order valence-corrected chi connectivity index (χ1v) is 10.5. The molecule has 2 heteroatoms. The van der Waals surface area contributed by atoms with E-state index in [9.17, 15) is 4.39 Å². The van der Waals surface area contributed by atoms with E-state index in [0.29, 0.717) is 11.8 Å². The Morgan fingerprint density at radius 1 is 1.00 bits per heavy atom. The lowest BCUT2D eigenvalue weighted by Crippen LogP contribution is -2.45. The summed E-state index contributed by atoms with van der Waals surface area (Å²) in [7, 11) is 0. The molecule has 1 aromatic rings. The summed E-state index contributed by atoms with van der Waals surface area (Å²) in [6.07, 6.45) is 11.7. The normalized spacial score (nSPS) is 33.0. The maximum Gasteiger partial charge on any atom is 0.126 e. The van der Waals surface area contributed by atoms with E-state index in [2.05, 4.69) is 19.9 Å². The van der Waals surface area contributed by atoms with Gasteiger partial charge in [-0.05, 0) is 112 Å². The highest BCUT2D eigenvalue weighted by atomic mass is 19.1. The van der Waals surface area contributed by atoms with Gasteiger partial charge in [0.15, 0.2) is 0 Å². The Hall–Kier alpha value is -0.890. The molecule has 2 aliphatic rings. The summed E-state index contributed by atoms with van der Waals surface area (Å²) in [5, 5.41) is 0. The third-order valence-corrected chi connectivity index (χ3v) is 7.56. The summed E-state index contributed by atoms with van der Waals surface area (Å²) in [4.78, 5) is 0. The van der Waals surface area contributed by atoms with E-state index in [1.54, 1.807) is 6.07 Å². The fourth-order valence-corrected chi connectivity index (χ4v) is 5.38. The van der Waals surface area contributed by atoms with Crippen LogP contribution in [0, 0.1) is 30.5 Å². The minimum atomic E-state index is -0.0758. The van der Waals surface area contributed by atoms with Crippen LogP contribution in [0.3, 0.4) is 0 Å². The first-order chi connectivity index (χ1) is 11.9. The molecule has 0 aromatic heterocycles. The van der Waals surface area contributed by atoms with E-state index in [0.717, 1.165) is 23.8 Å². The molecule has 1 nitrogen and oxygen atoms in total. The van der Waals surface area contributed by atoms with Gasteiger partial charge in [0.05, 0.1) is 0 Å². The number of halogens is 1. The number of hydrogen-bond acceptors (Lipinski definition) is 1. The van der Waals surface area contributed by atoms with E-state index in [1.807, 2.05) is 13.0 Å². The van der Waals surface area contributed by atoms with Gasteiger partial charge in [0, 0.05) is 5.54 Å². The fourth-order valence-electron chi connectivity index (χ4n) is 5.38. The Balaban J connectivity index is 1.51. The molecule has 3 rings (SSSR count). The lowest BCUT2D eigenvalue weighted by atomic mass is 9.65. The Bertz CT molecular complexity index is 563. The van der Waals surface area contributed by atoms with Crippen LogP contribution >= 0.6 is 0 Å². The van der Waals surface area contributed by atoms with E-state index < -0.39 is 0 Å². The second-order valence-corrected chi connectivity index (χ2v) is 9.09. The molecular formula is C23H36FN. The predicted molar refractivity (Wildman–Crippen MR) is 104 cm³/mol. The van der Waals surface area contributed by atoms with Crippen LogP contribution in [0.4, 0.5) is 4.39 Å². The highest BCUT2D eigenvalue weighted by Gasteiger charge is 2.36. The average molecular weight is 346 g/mol. The van der Waals surface area contributed by atoms with Gasteiger partial charge < -0.3 is 5.73 Å². The van der Waals surface area contributed by atoms with Crippen LogP contribution < -0.4 is 5.73 Å². The van der Waals surface area contributed by atoms with Gasteiger partial charge in [-0.25, -0.2) is 4.39 Å². The van der Waals surface area contributed by atoms with Crippen molar-refractivity contribution in [2.75, 3.05) is 0 Å². The van der Waals surface area contributed by atoms with Crippen LogP contribution in [-0.2, 0) is 0 Å². The number of nitrogens with two attached hydrogens (primary N) is 1. The molecule has 2 aliphatic carbocycles. The third kappa shape index (κ3) is 4.27. The van der Waals surface area contributed by atoms with Crippen LogP contribution in [0.15, 0.2) is 18.2 Å². The summed E-state index contributed by atoms with van der Waals surface area (Å²) < 4.78 is 13.5. The Kier molecular flexibility index (Phi) is 5.88. The highest BCUT2D eigenvalue weighted by molar-refractivity contribution is 5.27. The van der Waals surface area contributed by atoms with E-state index in [-0.39, 0.29) is 11.4 Å². The third-order valence-electron chi connectivity index (χ3n) is 7.56. The lowest BCUT2D eigenvalue weighted by Gasteiger charge is -2.42. The minimum absolute atomic E-state index is 0.0308. The average Bonchev–Trinajstić information content (AvgIpc) is 2.64. The summed E-state index contributed by atoms with van der Waals surface area (Å²) >= 11 is 0. The first kappa shape index (κ1) is 18.9. The number of hydrogen-bond donors (Lipinski definition) is 1. The number of aryl methyl sites for hydroxylation is 1. The smallest absolute Gasteiger partial charge is 0.126 e.